The van der Waals surface area contributed by atoms with Crippen molar-refractivity contribution in [3.05, 3.63) is 47.7 Å². The third-order valence-electron chi connectivity index (χ3n) is 3.76. The predicted octanol–water partition coefficient (Wildman–Crippen LogP) is 3.26. The SMILES string of the molecule is Cc1cc(NCCC2=CCNCC2)c2ccccc2n1. The molecule has 0 spiro atoms. The standard InChI is InChI=1S/C17H21N3/c1-13-12-17(15-4-2-3-5-16(15)20-13)19-11-8-14-6-9-18-10-7-14/h2-6,12,18H,7-11H2,1H3,(H,19,20). The van der Waals surface area contributed by atoms with E-state index < -0.39 is 0 Å². The van der Waals surface area contributed by atoms with Crippen molar-refractivity contribution in [2.45, 2.75) is 19.8 Å². The van der Waals surface area contributed by atoms with Crippen LogP contribution in [0.5, 0.6) is 0 Å². The van der Waals surface area contributed by atoms with Gasteiger partial charge in [-0.05, 0) is 38.4 Å². The van der Waals surface area contributed by atoms with Gasteiger partial charge in [0.25, 0.3) is 0 Å². The first kappa shape index (κ1) is 13.1. The molecule has 3 heteroatoms. The van der Waals surface area contributed by atoms with Gasteiger partial charge >= 0.3 is 0 Å². The number of aryl methyl sites for hydroxylation is 1. The smallest absolute Gasteiger partial charge is 0.0725 e. The normalized spacial score (nSPS) is 15.2. The van der Waals surface area contributed by atoms with Crippen molar-refractivity contribution in [3.63, 3.8) is 0 Å². The lowest BCUT2D eigenvalue weighted by Crippen LogP contribution is -2.21. The fourth-order valence-corrected chi connectivity index (χ4v) is 2.71. The summed E-state index contributed by atoms with van der Waals surface area (Å²) in [6.45, 7) is 5.17. The summed E-state index contributed by atoms with van der Waals surface area (Å²) in [5, 5.41) is 8.13. The number of hydrogen-bond donors (Lipinski definition) is 2. The Kier molecular flexibility index (Phi) is 3.97. The van der Waals surface area contributed by atoms with E-state index in [1.165, 1.54) is 17.5 Å². The Morgan fingerprint density at radius 2 is 2.20 bits per heavy atom. The van der Waals surface area contributed by atoms with E-state index in [2.05, 4.69) is 46.0 Å². The van der Waals surface area contributed by atoms with Crippen molar-refractivity contribution in [1.29, 1.82) is 0 Å². The van der Waals surface area contributed by atoms with Gasteiger partial charge in [-0.2, -0.15) is 0 Å². The maximum Gasteiger partial charge on any atom is 0.0725 e. The number of nitrogens with one attached hydrogen (secondary N) is 2. The van der Waals surface area contributed by atoms with Crippen LogP contribution in [0.2, 0.25) is 0 Å². The van der Waals surface area contributed by atoms with Gasteiger partial charge in [0, 0.05) is 29.9 Å². The molecule has 2 aromatic rings. The molecular weight excluding hydrogens is 246 g/mol. The Morgan fingerprint density at radius 3 is 3.05 bits per heavy atom. The topological polar surface area (TPSA) is 37.0 Å². The Balaban J connectivity index is 1.72. The quantitative estimate of drug-likeness (QED) is 0.835. The van der Waals surface area contributed by atoms with Gasteiger partial charge in [-0.1, -0.05) is 29.8 Å². The highest BCUT2D eigenvalue weighted by atomic mass is 14.9. The van der Waals surface area contributed by atoms with E-state index in [0.717, 1.165) is 37.3 Å². The fourth-order valence-electron chi connectivity index (χ4n) is 2.71. The first-order valence-corrected chi connectivity index (χ1v) is 7.32. The lowest BCUT2D eigenvalue weighted by molar-refractivity contribution is 0.683. The number of rotatable bonds is 4. The molecule has 2 heterocycles. The lowest BCUT2D eigenvalue weighted by atomic mass is 10.1. The van der Waals surface area contributed by atoms with Crippen molar-refractivity contribution >= 4 is 16.6 Å². The summed E-state index contributed by atoms with van der Waals surface area (Å²) in [5.41, 5.74) is 4.89. The average Bonchev–Trinajstić information content (AvgIpc) is 2.48. The predicted molar refractivity (Wildman–Crippen MR) is 85.2 cm³/mol. The molecule has 0 aliphatic carbocycles. The molecule has 3 nitrogen and oxygen atoms in total. The monoisotopic (exact) mass is 267 g/mol. The number of para-hydroxylation sites is 1. The molecule has 0 bridgehead atoms. The first-order valence-electron chi connectivity index (χ1n) is 7.32. The van der Waals surface area contributed by atoms with Crippen molar-refractivity contribution in [3.8, 4) is 0 Å². The number of pyridine rings is 1. The van der Waals surface area contributed by atoms with E-state index in [0.29, 0.717) is 0 Å². The molecule has 1 aliphatic heterocycles. The average molecular weight is 267 g/mol. The van der Waals surface area contributed by atoms with Gasteiger partial charge in [-0.15, -0.1) is 0 Å². The summed E-state index contributed by atoms with van der Waals surface area (Å²) in [4.78, 5) is 4.57. The second-order valence-electron chi connectivity index (χ2n) is 5.32. The largest absolute Gasteiger partial charge is 0.384 e. The highest BCUT2D eigenvalue weighted by Crippen LogP contribution is 2.23. The molecule has 104 valence electrons. The van der Waals surface area contributed by atoms with Gasteiger partial charge in [0.2, 0.25) is 0 Å². The summed E-state index contributed by atoms with van der Waals surface area (Å²) < 4.78 is 0. The van der Waals surface area contributed by atoms with Gasteiger partial charge in [-0.3, -0.25) is 4.98 Å². The number of fused-ring (bicyclic) bond motifs is 1. The maximum atomic E-state index is 4.57. The van der Waals surface area contributed by atoms with Gasteiger partial charge in [0.1, 0.15) is 0 Å². The molecule has 1 aromatic heterocycles. The number of hydrogen-bond acceptors (Lipinski definition) is 3. The van der Waals surface area contributed by atoms with E-state index in [1.54, 1.807) is 5.57 Å². The summed E-state index contributed by atoms with van der Waals surface area (Å²) in [6, 6.07) is 10.5. The molecule has 1 aliphatic rings. The van der Waals surface area contributed by atoms with Crippen LogP contribution in [-0.2, 0) is 0 Å². The van der Waals surface area contributed by atoms with Crippen LogP contribution in [0.3, 0.4) is 0 Å². The van der Waals surface area contributed by atoms with E-state index in [4.69, 9.17) is 0 Å². The Labute approximate surface area is 120 Å². The second-order valence-corrected chi connectivity index (χ2v) is 5.32. The third-order valence-corrected chi connectivity index (χ3v) is 3.76. The number of benzene rings is 1. The van der Waals surface area contributed by atoms with Crippen LogP contribution in [-0.4, -0.2) is 24.6 Å². The molecule has 0 saturated carbocycles. The second kappa shape index (κ2) is 6.06. The van der Waals surface area contributed by atoms with Crippen molar-refractivity contribution < 1.29 is 0 Å². The zero-order valence-corrected chi connectivity index (χ0v) is 11.9. The minimum absolute atomic E-state index is 0.985. The van der Waals surface area contributed by atoms with E-state index in [9.17, 15) is 0 Å². The van der Waals surface area contributed by atoms with E-state index in [-0.39, 0.29) is 0 Å². The number of nitrogens with zero attached hydrogens (tertiary/aromatic N) is 1. The molecular formula is C17H21N3. The Morgan fingerprint density at radius 1 is 1.30 bits per heavy atom. The highest BCUT2D eigenvalue weighted by molar-refractivity contribution is 5.91. The fraction of sp³-hybridized carbons (Fsp3) is 0.353. The van der Waals surface area contributed by atoms with Gasteiger partial charge in [0.05, 0.1) is 5.52 Å². The molecule has 0 fully saturated rings. The van der Waals surface area contributed by atoms with Crippen LogP contribution in [0.4, 0.5) is 5.69 Å². The molecule has 0 radical (unpaired) electrons. The zero-order valence-electron chi connectivity index (χ0n) is 11.9. The lowest BCUT2D eigenvalue weighted by Gasteiger charge is -2.15. The molecule has 0 unspecified atom stereocenters. The van der Waals surface area contributed by atoms with Crippen molar-refractivity contribution in [2.24, 2.45) is 0 Å². The van der Waals surface area contributed by atoms with Crippen LogP contribution < -0.4 is 10.6 Å². The molecule has 2 N–H and O–H groups in total. The summed E-state index contributed by atoms with van der Waals surface area (Å²) in [6.07, 6.45) is 4.62. The van der Waals surface area contributed by atoms with E-state index in [1.807, 2.05) is 13.0 Å². The molecule has 0 saturated heterocycles. The summed E-state index contributed by atoms with van der Waals surface area (Å²) >= 11 is 0. The molecule has 0 amide bonds. The van der Waals surface area contributed by atoms with Crippen molar-refractivity contribution in [2.75, 3.05) is 25.0 Å². The third kappa shape index (κ3) is 2.99. The van der Waals surface area contributed by atoms with Crippen molar-refractivity contribution in [1.82, 2.24) is 10.3 Å². The first-order chi connectivity index (χ1) is 9.83. The molecule has 3 rings (SSSR count). The summed E-state index contributed by atoms with van der Waals surface area (Å²) in [5.74, 6) is 0. The van der Waals surface area contributed by atoms with Gasteiger partial charge in [0.15, 0.2) is 0 Å². The van der Waals surface area contributed by atoms with Crippen LogP contribution >= 0.6 is 0 Å². The van der Waals surface area contributed by atoms with E-state index >= 15 is 0 Å². The van der Waals surface area contributed by atoms with Crippen LogP contribution in [0.1, 0.15) is 18.5 Å². The maximum absolute atomic E-state index is 4.57. The summed E-state index contributed by atoms with van der Waals surface area (Å²) in [7, 11) is 0. The van der Waals surface area contributed by atoms with Gasteiger partial charge in [-0.25, -0.2) is 0 Å². The zero-order chi connectivity index (χ0) is 13.8. The molecule has 20 heavy (non-hydrogen) atoms. The Bertz CT molecular complexity index is 631. The molecule has 0 atom stereocenters. The Hall–Kier alpha value is -1.87. The van der Waals surface area contributed by atoms with Crippen LogP contribution in [0, 0.1) is 6.92 Å². The van der Waals surface area contributed by atoms with Crippen LogP contribution in [0.25, 0.3) is 10.9 Å². The minimum atomic E-state index is 0.985. The minimum Gasteiger partial charge on any atom is -0.384 e. The van der Waals surface area contributed by atoms with Gasteiger partial charge < -0.3 is 10.6 Å². The number of aromatic nitrogens is 1. The number of anilines is 1. The molecule has 1 aromatic carbocycles. The highest BCUT2D eigenvalue weighted by Gasteiger charge is 2.05. The van der Waals surface area contributed by atoms with Crippen LogP contribution in [0.15, 0.2) is 42.0 Å².